The zero-order valence-electron chi connectivity index (χ0n) is 14.6. The number of thiophene rings is 1. The number of aliphatic imine (C=N–C) groups is 1. The Morgan fingerprint density at radius 2 is 2.04 bits per heavy atom. The molecular weight excluding hydrogens is 368 g/mol. The van der Waals surface area contributed by atoms with Crippen molar-refractivity contribution in [2.45, 2.75) is 32.7 Å². The van der Waals surface area contributed by atoms with Crippen LogP contribution in [0.5, 0.6) is 0 Å². The van der Waals surface area contributed by atoms with Crippen LogP contribution in [0.4, 0.5) is 0 Å². The zero-order chi connectivity index (χ0) is 18.3. The fourth-order valence-corrected chi connectivity index (χ4v) is 4.71. The van der Waals surface area contributed by atoms with E-state index in [1.54, 1.807) is 11.3 Å². The molecule has 0 amide bonds. The molecule has 0 bridgehead atoms. The molecule has 26 heavy (non-hydrogen) atoms. The van der Waals surface area contributed by atoms with Gasteiger partial charge in [0.05, 0.1) is 5.71 Å². The summed E-state index contributed by atoms with van der Waals surface area (Å²) >= 11 is 8.19. The summed E-state index contributed by atoms with van der Waals surface area (Å²) in [5.74, 6) is 1.68. The molecule has 7 heteroatoms. The molecule has 0 fully saturated rings. The summed E-state index contributed by atoms with van der Waals surface area (Å²) < 4.78 is 2.10. The Morgan fingerprint density at radius 3 is 2.81 bits per heavy atom. The number of fused-ring (bicyclic) bond motifs is 3. The molecule has 1 N–H and O–H groups in total. The van der Waals surface area contributed by atoms with Gasteiger partial charge in [-0.25, -0.2) is 0 Å². The number of halogens is 1. The Kier molecular flexibility index (Phi) is 4.65. The van der Waals surface area contributed by atoms with Gasteiger partial charge in [0.2, 0.25) is 0 Å². The number of rotatable bonds is 4. The highest BCUT2D eigenvalue weighted by molar-refractivity contribution is 7.15. The highest BCUT2D eigenvalue weighted by atomic mass is 35.5. The van der Waals surface area contributed by atoms with Crippen LogP contribution in [-0.2, 0) is 6.42 Å². The lowest BCUT2D eigenvalue weighted by atomic mass is 10.0. The summed E-state index contributed by atoms with van der Waals surface area (Å²) in [6.07, 6.45) is 1.57. The maximum atomic E-state index is 9.18. The molecule has 1 aliphatic heterocycles. The van der Waals surface area contributed by atoms with Crippen molar-refractivity contribution in [1.29, 1.82) is 0 Å². The van der Waals surface area contributed by atoms with Crippen molar-refractivity contribution in [3.8, 4) is 5.00 Å². The molecule has 0 saturated carbocycles. The largest absolute Gasteiger partial charge is 0.396 e. The average Bonchev–Trinajstić information content (AvgIpc) is 3.19. The number of aryl methyl sites for hydroxylation is 2. The van der Waals surface area contributed by atoms with E-state index in [0.717, 1.165) is 46.3 Å². The average molecular weight is 387 g/mol. The number of aliphatic hydroxyl groups excluding tert-OH is 1. The highest BCUT2D eigenvalue weighted by Crippen LogP contribution is 2.37. The lowest BCUT2D eigenvalue weighted by Crippen LogP contribution is -2.05. The molecular formula is C19H19ClN4OS. The van der Waals surface area contributed by atoms with Crippen molar-refractivity contribution in [1.82, 2.24) is 14.8 Å². The van der Waals surface area contributed by atoms with Crippen LogP contribution in [0.3, 0.4) is 0 Å². The highest BCUT2D eigenvalue weighted by Gasteiger charge is 2.28. The van der Waals surface area contributed by atoms with Crippen molar-refractivity contribution in [3.05, 3.63) is 63.0 Å². The van der Waals surface area contributed by atoms with Crippen LogP contribution >= 0.6 is 22.9 Å². The SMILES string of the molecule is Cc1nnc2n1-c1sc(CCCO)cc1C(c1ccccc1Cl)=NC2C. The molecule has 134 valence electrons. The first-order valence-electron chi connectivity index (χ1n) is 8.59. The van der Waals surface area contributed by atoms with Gasteiger partial charge in [-0.1, -0.05) is 29.8 Å². The second-order valence-electron chi connectivity index (χ2n) is 6.33. The summed E-state index contributed by atoms with van der Waals surface area (Å²) in [5.41, 5.74) is 2.85. The van der Waals surface area contributed by atoms with E-state index in [0.29, 0.717) is 5.02 Å². The van der Waals surface area contributed by atoms with Crippen LogP contribution in [-0.4, -0.2) is 32.2 Å². The van der Waals surface area contributed by atoms with Gasteiger partial charge in [0, 0.05) is 27.6 Å². The molecule has 5 nitrogen and oxygen atoms in total. The standard InChI is InChI=1S/C19H19ClN4OS/c1-11-18-23-22-12(2)24(18)19-15(10-13(26-19)6-5-9-25)17(21-11)14-7-3-4-8-16(14)20/h3-4,7-8,10-11,25H,5-6,9H2,1-2H3. The van der Waals surface area contributed by atoms with Crippen LogP contribution in [0, 0.1) is 6.92 Å². The molecule has 0 aliphatic carbocycles. The molecule has 1 aliphatic rings. The fraction of sp³-hybridized carbons (Fsp3) is 0.316. The molecule has 4 rings (SSSR count). The van der Waals surface area contributed by atoms with Gasteiger partial charge in [0.25, 0.3) is 0 Å². The number of hydrogen-bond donors (Lipinski definition) is 1. The number of nitrogens with zero attached hydrogens (tertiary/aromatic N) is 4. The number of benzene rings is 1. The number of aromatic nitrogens is 3. The Balaban J connectivity index is 1.95. The van der Waals surface area contributed by atoms with Gasteiger partial charge in [0.15, 0.2) is 5.82 Å². The Labute approximate surface area is 161 Å². The van der Waals surface area contributed by atoms with Gasteiger partial charge in [-0.2, -0.15) is 0 Å². The third-order valence-corrected chi connectivity index (χ3v) is 5.99. The minimum absolute atomic E-state index is 0.122. The monoisotopic (exact) mass is 386 g/mol. The summed E-state index contributed by atoms with van der Waals surface area (Å²) in [6, 6.07) is 9.83. The second-order valence-corrected chi connectivity index (χ2v) is 7.86. The van der Waals surface area contributed by atoms with Crippen LogP contribution < -0.4 is 0 Å². The van der Waals surface area contributed by atoms with E-state index in [1.165, 1.54) is 4.88 Å². The normalized spacial score (nSPS) is 16.0. The summed E-state index contributed by atoms with van der Waals surface area (Å²) in [5, 5.41) is 19.6. The molecule has 3 aromatic rings. The smallest absolute Gasteiger partial charge is 0.162 e. The minimum Gasteiger partial charge on any atom is -0.396 e. The van der Waals surface area contributed by atoms with Crippen molar-refractivity contribution in [2.24, 2.45) is 4.99 Å². The first kappa shape index (κ1) is 17.4. The summed E-state index contributed by atoms with van der Waals surface area (Å²) in [6.45, 7) is 4.17. The lowest BCUT2D eigenvalue weighted by molar-refractivity contribution is 0.289. The molecule has 0 saturated heterocycles. The minimum atomic E-state index is -0.122. The summed E-state index contributed by atoms with van der Waals surface area (Å²) in [7, 11) is 0. The Hall–Kier alpha value is -2.02. The van der Waals surface area contributed by atoms with Gasteiger partial charge < -0.3 is 5.11 Å². The predicted octanol–water partition coefficient (Wildman–Crippen LogP) is 4.13. The quantitative estimate of drug-likeness (QED) is 0.733. The van der Waals surface area contributed by atoms with Gasteiger partial charge in [-0.05, 0) is 38.8 Å². The third kappa shape index (κ3) is 2.88. The van der Waals surface area contributed by atoms with Gasteiger partial charge >= 0.3 is 0 Å². The van der Waals surface area contributed by atoms with Crippen molar-refractivity contribution in [3.63, 3.8) is 0 Å². The summed E-state index contributed by atoms with van der Waals surface area (Å²) in [4.78, 5) is 6.17. The fourth-order valence-electron chi connectivity index (χ4n) is 3.23. The van der Waals surface area contributed by atoms with Gasteiger partial charge in [-0.3, -0.25) is 9.56 Å². The van der Waals surface area contributed by atoms with Crippen molar-refractivity contribution >= 4 is 28.6 Å². The van der Waals surface area contributed by atoms with E-state index in [-0.39, 0.29) is 12.6 Å². The van der Waals surface area contributed by atoms with E-state index in [2.05, 4.69) is 20.8 Å². The van der Waals surface area contributed by atoms with Gasteiger partial charge in [0.1, 0.15) is 16.9 Å². The first-order chi connectivity index (χ1) is 12.6. The maximum absolute atomic E-state index is 9.18. The van der Waals surface area contributed by atoms with E-state index < -0.39 is 0 Å². The zero-order valence-corrected chi connectivity index (χ0v) is 16.2. The third-order valence-electron chi connectivity index (χ3n) is 4.48. The molecule has 1 atom stereocenters. The van der Waals surface area contributed by atoms with Crippen LogP contribution in [0.25, 0.3) is 5.00 Å². The Morgan fingerprint density at radius 1 is 1.23 bits per heavy atom. The van der Waals surface area contributed by atoms with E-state index in [9.17, 15) is 5.11 Å². The molecule has 1 aromatic carbocycles. The van der Waals surface area contributed by atoms with Crippen LogP contribution in [0.15, 0.2) is 35.3 Å². The van der Waals surface area contributed by atoms with Crippen molar-refractivity contribution in [2.75, 3.05) is 6.61 Å². The first-order valence-corrected chi connectivity index (χ1v) is 9.78. The maximum Gasteiger partial charge on any atom is 0.162 e. The second kappa shape index (κ2) is 6.95. The molecule has 2 aromatic heterocycles. The van der Waals surface area contributed by atoms with Crippen molar-refractivity contribution < 1.29 is 5.11 Å². The Bertz CT molecular complexity index is 991. The van der Waals surface area contributed by atoms with E-state index >= 15 is 0 Å². The van der Waals surface area contributed by atoms with E-state index in [1.807, 2.05) is 38.1 Å². The number of hydrogen-bond acceptors (Lipinski definition) is 5. The molecule has 3 heterocycles. The van der Waals surface area contributed by atoms with Gasteiger partial charge in [-0.15, -0.1) is 21.5 Å². The van der Waals surface area contributed by atoms with E-state index in [4.69, 9.17) is 16.6 Å². The molecule has 0 radical (unpaired) electrons. The molecule has 1 unspecified atom stereocenters. The van der Waals surface area contributed by atoms with Crippen LogP contribution in [0.2, 0.25) is 5.02 Å². The predicted molar refractivity (Wildman–Crippen MR) is 105 cm³/mol. The van der Waals surface area contributed by atoms with Crippen LogP contribution in [0.1, 0.15) is 47.0 Å². The lowest BCUT2D eigenvalue weighted by Gasteiger charge is -2.09. The topological polar surface area (TPSA) is 63.3 Å². The molecule has 0 spiro atoms. The number of aliphatic hydroxyl groups is 1.